The Morgan fingerprint density at radius 2 is 0.933 bits per heavy atom. The average molecular weight is 465 g/mol. The molecule has 0 aromatic rings. The van der Waals surface area contributed by atoms with Crippen LogP contribution in [0.5, 0.6) is 0 Å². The fourth-order valence-electron chi connectivity index (χ4n) is 2.82. The summed E-state index contributed by atoms with van der Waals surface area (Å²) < 4.78 is -0.662. The van der Waals surface area contributed by atoms with Crippen molar-refractivity contribution >= 4 is 35.5 Å². The molecule has 0 amide bonds. The Labute approximate surface area is 194 Å². The molecular weight excluding hydrogens is 416 g/mol. The first kappa shape index (κ1) is 31.8. The highest BCUT2D eigenvalue weighted by Gasteiger charge is 2.33. The maximum atomic E-state index is 11.7. The van der Waals surface area contributed by atoms with Gasteiger partial charge in [0.15, 0.2) is 4.08 Å². The van der Waals surface area contributed by atoms with Gasteiger partial charge in [-0.25, -0.2) is 4.79 Å². The maximum absolute atomic E-state index is 11.7. The van der Waals surface area contributed by atoms with Gasteiger partial charge in [-0.3, -0.25) is 4.79 Å². The summed E-state index contributed by atoms with van der Waals surface area (Å²) in [6.45, 7) is 7.98. The molecule has 0 aliphatic heterocycles. The number of thioether (sulfide) groups is 2. The smallest absolute Gasteiger partial charge is 0.329 e. The highest BCUT2D eigenvalue weighted by atomic mass is 32.2. The lowest BCUT2D eigenvalue weighted by Gasteiger charge is -2.23. The van der Waals surface area contributed by atoms with Crippen molar-refractivity contribution in [2.75, 3.05) is 11.5 Å². The topological polar surface area (TPSA) is 74.6 Å². The molecule has 0 saturated carbocycles. The molecule has 0 atom stereocenters. The van der Waals surface area contributed by atoms with Crippen molar-refractivity contribution in [1.29, 1.82) is 0 Å². The number of hydrogen-bond donors (Lipinski definition) is 2. The molecule has 0 aromatic heterocycles. The van der Waals surface area contributed by atoms with Crippen LogP contribution in [-0.4, -0.2) is 37.7 Å². The van der Waals surface area contributed by atoms with E-state index in [9.17, 15) is 14.7 Å². The molecule has 0 radical (unpaired) electrons. The minimum Gasteiger partial charge on any atom is -0.481 e. The second kappa shape index (κ2) is 23.3. The standard InChI is InChI=1S/C21H42O2S2.C3H6O2/c1-4-6-8-10-12-14-16-18-24-21(3,20(22)23)25-19-17-15-13-11-9-7-5-2;1-2-3(4)5/h4-19H2,1-3H3,(H,22,23);2H2,1H3,(H,4,5). The highest BCUT2D eigenvalue weighted by molar-refractivity contribution is 8.19. The van der Waals surface area contributed by atoms with Gasteiger partial charge < -0.3 is 10.2 Å². The number of carboxylic acids is 2. The molecule has 0 aliphatic rings. The molecule has 0 saturated heterocycles. The lowest BCUT2D eigenvalue weighted by molar-refractivity contribution is -0.137. The van der Waals surface area contributed by atoms with Gasteiger partial charge in [0.1, 0.15) is 0 Å². The fourth-order valence-corrected chi connectivity index (χ4v) is 5.37. The van der Waals surface area contributed by atoms with E-state index in [4.69, 9.17) is 5.11 Å². The summed E-state index contributed by atoms with van der Waals surface area (Å²) in [5, 5.41) is 17.3. The Kier molecular flexibility index (Phi) is 24.7. The summed E-state index contributed by atoms with van der Waals surface area (Å²) >= 11 is 3.28. The zero-order valence-corrected chi connectivity index (χ0v) is 21.7. The third kappa shape index (κ3) is 22.3. The van der Waals surface area contributed by atoms with Crippen molar-refractivity contribution in [3.05, 3.63) is 0 Å². The molecule has 30 heavy (non-hydrogen) atoms. The van der Waals surface area contributed by atoms with Gasteiger partial charge in [-0.1, -0.05) is 97.8 Å². The summed E-state index contributed by atoms with van der Waals surface area (Å²) in [5.41, 5.74) is 0. The number of rotatable bonds is 20. The van der Waals surface area contributed by atoms with Crippen LogP contribution < -0.4 is 0 Å². The summed E-state index contributed by atoms with van der Waals surface area (Å²) in [5.74, 6) is 0.541. The van der Waals surface area contributed by atoms with Crippen LogP contribution in [-0.2, 0) is 9.59 Å². The minimum atomic E-state index is -0.745. The van der Waals surface area contributed by atoms with Crippen LogP contribution in [0.2, 0.25) is 0 Å². The summed E-state index contributed by atoms with van der Waals surface area (Å²) in [7, 11) is 0. The lowest BCUT2D eigenvalue weighted by Crippen LogP contribution is -2.28. The van der Waals surface area contributed by atoms with E-state index < -0.39 is 16.0 Å². The Hall–Kier alpha value is -0.360. The van der Waals surface area contributed by atoms with Crippen molar-refractivity contribution in [2.24, 2.45) is 0 Å². The van der Waals surface area contributed by atoms with Crippen molar-refractivity contribution in [1.82, 2.24) is 0 Å². The van der Waals surface area contributed by atoms with E-state index in [1.165, 1.54) is 77.0 Å². The molecule has 4 nitrogen and oxygen atoms in total. The summed E-state index contributed by atoms with van der Waals surface area (Å²) in [4.78, 5) is 21.0. The fraction of sp³-hybridized carbons (Fsp3) is 0.917. The Balaban J connectivity index is 0. The third-order valence-electron chi connectivity index (χ3n) is 4.94. The monoisotopic (exact) mass is 464 g/mol. The largest absolute Gasteiger partial charge is 0.481 e. The van der Waals surface area contributed by atoms with Gasteiger partial charge in [0.2, 0.25) is 0 Å². The van der Waals surface area contributed by atoms with E-state index in [0.29, 0.717) is 0 Å². The van der Waals surface area contributed by atoms with Crippen LogP contribution >= 0.6 is 23.5 Å². The van der Waals surface area contributed by atoms with Crippen molar-refractivity contribution < 1.29 is 19.8 Å². The van der Waals surface area contributed by atoms with Crippen LogP contribution in [0.3, 0.4) is 0 Å². The SMILES string of the molecule is CCC(=O)O.CCCCCCCCCSC(C)(SCCCCCCCCC)C(=O)O. The first-order chi connectivity index (χ1) is 14.3. The highest BCUT2D eigenvalue weighted by Crippen LogP contribution is 2.38. The van der Waals surface area contributed by atoms with E-state index in [1.807, 2.05) is 6.92 Å². The molecule has 0 bridgehead atoms. The van der Waals surface area contributed by atoms with Gasteiger partial charge >= 0.3 is 11.9 Å². The zero-order valence-electron chi connectivity index (χ0n) is 20.0. The van der Waals surface area contributed by atoms with Gasteiger partial charge in [0.25, 0.3) is 0 Å². The first-order valence-electron chi connectivity index (χ1n) is 12.1. The normalized spacial score (nSPS) is 11.1. The molecule has 0 unspecified atom stereocenters. The van der Waals surface area contributed by atoms with Crippen molar-refractivity contribution in [3.8, 4) is 0 Å². The molecule has 0 rings (SSSR count). The van der Waals surface area contributed by atoms with E-state index >= 15 is 0 Å². The third-order valence-corrected chi connectivity index (χ3v) is 8.09. The van der Waals surface area contributed by atoms with E-state index in [0.717, 1.165) is 24.3 Å². The molecule has 6 heteroatoms. The second-order valence-corrected chi connectivity index (χ2v) is 11.2. The van der Waals surface area contributed by atoms with E-state index in [2.05, 4.69) is 13.8 Å². The molecule has 2 N–H and O–H groups in total. The molecule has 0 aromatic carbocycles. The van der Waals surface area contributed by atoms with Crippen LogP contribution in [0.4, 0.5) is 0 Å². The average Bonchev–Trinajstić information content (AvgIpc) is 2.72. The molecule has 180 valence electrons. The Bertz CT molecular complexity index is 383. The van der Waals surface area contributed by atoms with Gasteiger partial charge in [-0.15, -0.1) is 23.5 Å². The first-order valence-corrected chi connectivity index (χ1v) is 14.0. The number of carbonyl (C=O) groups is 2. The number of unbranched alkanes of at least 4 members (excludes halogenated alkanes) is 12. The lowest BCUT2D eigenvalue weighted by atomic mass is 10.1. The van der Waals surface area contributed by atoms with Gasteiger partial charge in [0.05, 0.1) is 0 Å². The van der Waals surface area contributed by atoms with Crippen LogP contribution in [0.1, 0.15) is 124 Å². The zero-order chi connectivity index (χ0) is 23.1. The predicted octanol–water partition coefficient (Wildman–Crippen LogP) is 8.24. The Morgan fingerprint density at radius 1 is 0.633 bits per heavy atom. The second-order valence-electron chi connectivity index (χ2n) is 7.94. The number of aliphatic carboxylic acids is 2. The maximum Gasteiger partial charge on any atom is 0.329 e. The van der Waals surface area contributed by atoms with E-state index in [1.54, 1.807) is 30.4 Å². The number of carboxylic acid groups (broad SMARTS) is 2. The molecule has 0 heterocycles. The summed E-state index contributed by atoms with van der Waals surface area (Å²) in [6, 6.07) is 0. The minimum absolute atomic E-state index is 0.222. The van der Waals surface area contributed by atoms with Crippen LogP contribution in [0.15, 0.2) is 0 Å². The van der Waals surface area contributed by atoms with Crippen molar-refractivity contribution in [2.45, 2.75) is 128 Å². The van der Waals surface area contributed by atoms with Gasteiger partial charge in [-0.2, -0.15) is 0 Å². The van der Waals surface area contributed by atoms with Gasteiger partial charge in [0, 0.05) is 6.42 Å². The number of hydrogen-bond acceptors (Lipinski definition) is 4. The molecule has 0 spiro atoms. The molecule has 0 fully saturated rings. The van der Waals surface area contributed by atoms with E-state index in [-0.39, 0.29) is 6.42 Å². The molecule has 0 aliphatic carbocycles. The quantitative estimate of drug-likeness (QED) is 0.140. The van der Waals surface area contributed by atoms with Crippen LogP contribution in [0, 0.1) is 0 Å². The summed E-state index contributed by atoms with van der Waals surface area (Å²) in [6.07, 6.45) is 18.3. The Morgan fingerprint density at radius 3 is 1.20 bits per heavy atom. The van der Waals surface area contributed by atoms with Crippen LogP contribution in [0.25, 0.3) is 0 Å². The molecular formula is C24H48O4S2. The van der Waals surface area contributed by atoms with Gasteiger partial charge in [-0.05, 0) is 31.3 Å². The predicted molar refractivity (Wildman–Crippen MR) is 135 cm³/mol. The van der Waals surface area contributed by atoms with Crippen molar-refractivity contribution in [3.63, 3.8) is 0 Å².